The van der Waals surface area contributed by atoms with Crippen LogP contribution in [0, 0.1) is 0 Å². The molecule has 1 aliphatic rings. The Bertz CT molecular complexity index is 903. The Morgan fingerprint density at radius 2 is 1.86 bits per heavy atom. The van der Waals surface area contributed by atoms with Gasteiger partial charge < -0.3 is 14.6 Å². The Morgan fingerprint density at radius 1 is 1.07 bits per heavy atom. The number of carbonyl (C=O) groups excluding carboxylic acids is 1. The maximum Gasteiger partial charge on any atom is 0.249 e. The predicted octanol–water partition coefficient (Wildman–Crippen LogP) is 3.24. The van der Waals surface area contributed by atoms with Crippen LogP contribution < -0.4 is 5.32 Å². The standard InChI is InChI=1S/C23H25N3O2/c27-23-22(28-14-12-24-23)15-21-16-26(17-25-21)13-4-5-18-8-10-20(11-9-18)19-6-2-1-3-7-19/h1-3,6-11,16-17,22H,4-5,12-15H2,(H,24,27)/t22-/m0/s1. The lowest BCUT2D eigenvalue weighted by atomic mass is 10.0. The molecule has 144 valence electrons. The van der Waals surface area contributed by atoms with Gasteiger partial charge in [-0.25, -0.2) is 4.98 Å². The molecule has 28 heavy (non-hydrogen) atoms. The fourth-order valence-electron chi connectivity index (χ4n) is 3.50. The average Bonchev–Trinajstić information content (AvgIpc) is 3.18. The first-order valence-corrected chi connectivity index (χ1v) is 9.82. The van der Waals surface area contributed by atoms with Gasteiger partial charge >= 0.3 is 0 Å². The summed E-state index contributed by atoms with van der Waals surface area (Å²) >= 11 is 0. The van der Waals surface area contributed by atoms with Crippen LogP contribution in [0.5, 0.6) is 0 Å². The summed E-state index contributed by atoms with van der Waals surface area (Å²) in [5.41, 5.74) is 4.73. The summed E-state index contributed by atoms with van der Waals surface area (Å²) in [5.74, 6) is -0.0419. The quantitative estimate of drug-likeness (QED) is 0.690. The smallest absolute Gasteiger partial charge is 0.249 e. The summed E-state index contributed by atoms with van der Waals surface area (Å²) in [5, 5.41) is 2.83. The largest absolute Gasteiger partial charge is 0.366 e. The van der Waals surface area contributed by atoms with E-state index in [1.807, 2.05) is 18.6 Å². The van der Waals surface area contributed by atoms with Crippen molar-refractivity contribution in [1.29, 1.82) is 0 Å². The Hall–Kier alpha value is -2.92. The number of nitrogens with one attached hydrogen (secondary N) is 1. The number of nitrogens with zero attached hydrogens (tertiary/aromatic N) is 2. The summed E-state index contributed by atoms with van der Waals surface area (Å²) in [6, 6.07) is 19.2. The zero-order chi connectivity index (χ0) is 19.2. The minimum Gasteiger partial charge on any atom is -0.366 e. The molecular weight excluding hydrogens is 350 g/mol. The Balaban J connectivity index is 1.26. The molecule has 0 aliphatic carbocycles. The summed E-state index contributed by atoms with van der Waals surface area (Å²) in [4.78, 5) is 16.2. The van der Waals surface area contributed by atoms with Gasteiger partial charge in [0, 0.05) is 25.7 Å². The highest BCUT2D eigenvalue weighted by molar-refractivity contribution is 5.81. The van der Waals surface area contributed by atoms with Crippen LogP contribution in [0.2, 0.25) is 0 Å². The molecule has 0 bridgehead atoms. The van der Waals surface area contributed by atoms with E-state index < -0.39 is 6.10 Å². The minimum absolute atomic E-state index is 0.0419. The molecule has 2 aromatic carbocycles. The van der Waals surface area contributed by atoms with Gasteiger partial charge in [0.05, 0.1) is 18.6 Å². The number of amides is 1. The van der Waals surface area contributed by atoms with E-state index in [0.29, 0.717) is 19.6 Å². The molecule has 0 radical (unpaired) electrons. The molecule has 1 N–H and O–H groups in total. The van der Waals surface area contributed by atoms with Crippen molar-refractivity contribution in [3.63, 3.8) is 0 Å². The van der Waals surface area contributed by atoms with Crippen molar-refractivity contribution in [3.8, 4) is 11.1 Å². The van der Waals surface area contributed by atoms with Gasteiger partial charge in [0.15, 0.2) is 0 Å². The highest BCUT2D eigenvalue weighted by Crippen LogP contribution is 2.19. The van der Waals surface area contributed by atoms with Crippen LogP contribution in [0.3, 0.4) is 0 Å². The van der Waals surface area contributed by atoms with Gasteiger partial charge in [-0.3, -0.25) is 4.79 Å². The molecule has 1 atom stereocenters. The maximum absolute atomic E-state index is 11.8. The van der Waals surface area contributed by atoms with Gasteiger partial charge in [0.25, 0.3) is 0 Å². The van der Waals surface area contributed by atoms with Crippen LogP contribution >= 0.6 is 0 Å². The van der Waals surface area contributed by atoms with E-state index >= 15 is 0 Å². The molecule has 1 saturated heterocycles. The van der Waals surface area contributed by atoms with Crippen molar-refractivity contribution < 1.29 is 9.53 Å². The van der Waals surface area contributed by atoms with Crippen molar-refractivity contribution in [2.45, 2.75) is 31.9 Å². The number of aromatic nitrogens is 2. The number of carbonyl (C=O) groups is 1. The molecule has 4 rings (SSSR count). The number of benzene rings is 2. The summed E-state index contributed by atoms with van der Waals surface area (Å²) in [6.07, 6.45) is 6.04. The van der Waals surface area contributed by atoms with E-state index in [1.54, 1.807) is 0 Å². The highest BCUT2D eigenvalue weighted by Gasteiger charge is 2.23. The second-order valence-electron chi connectivity index (χ2n) is 7.12. The van der Waals surface area contributed by atoms with Crippen molar-refractivity contribution >= 4 is 5.91 Å². The third-order valence-corrected chi connectivity index (χ3v) is 5.04. The van der Waals surface area contributed by atoms with Crippen LogP contribution in [-0.4, -0.2) is 34.7 Å². The lowest BCUT2D eigenvalue weighted by Gasteiger charge is -2.21. The minimum atomic E-state index is -0.416. The SMILES string of the molecule is O=C1NCCO[C@H]1Cc1cn(CCCc2ccc(-c3ccccc3)cc2)cn1. The molecule has 1 aliphatic heterocycles. The van der Waals surface area contributed by atoms with Gasteiger partial charge in [-0.1, -0.05) is 54.6 Å². The molecule has 1 amide bonds. The Morgan fingerprint density at radius 3 is 2.64 bits per heavy atom. The first-order chi connectivity index (χ1) is 13.8. The predicted molar refractivity (Wildman–Crippen MR) is 109 cm³/mol. The maximum atomic E-state index is 11.8. The molecule has 2 heterocycles. The lowest BCUT2D eigenvalue weighted by molar-refractivity contribution is -0.137. The highest BCUT2D eigenvalue weighted by atomic mass is 16.5. The second kappa shape index (κ2) is 8.85. The third kappa shape index (κ3) is 4.67. The van der Waals surface area contributed by atoms with E-state index in [4.69, 9.17) is 4.74 Å². The molecular formula is C23H25N3O2. The monoisotopic (exact) mass is 375 g/mol. The number of morpholine rings is 1. The van der Waals surface area contributed by atoms with Crippen LogP contribution in [0.4, 0.5) is 0 Å². The van der Waals surface area contributed by atoms with Crippen LogP contribution in [0.15, 0.2) is 67.1 Å². The molecule has 0 saturated carbocycles. The van der Waals surface area contributed by atoms with Crippen molar-refractivity contribution in [3.05, 3.63) is 78.4 Å². The van der Waals surface area contributed by atoms with E-state index in [9.17, 15) is 4.79 Å². The number of ether oxygens (including phenoxy) is 1. The number of hydrogen-bond donors (Lipinski definition) is 1. The Labute approximate surface area is 165 Å². The van der Waals surface area contributed by atoms with Gasteiger partial charge in [0.2, 0.25) is 5.91 Å². The average molecular weight is 375 g/mol. The van der Waals surface area contributed by atoms with E-state index in [2.05, 4.69) is 63.4 Å². The van der Waals surface area contributed by atoms with Crippen molar-refractivity contribution in [1.82, 2.24) is 14.9 Å². The normalized spacial score (nSPS) is 16.7. The Kier molecular flexibility index (Phi) is 5.83. The summed E-state index contributed by atoms with van der Waals surface area (Å²) in [6.45, 7) is 2.07. The molecule has 5 heteroatoms. The fourth-order valence-corrected chi connectivity index (χ4v) is 3.50. The topological polar surface area (TPSA) is 56.1 Å². The van der Waals surface area contributed by atoms with E-state index in [1.165, 1.54) is 16.7 Å². The van der Waals surface area contributed by atoms with Crippen LogP contribution in [0.25, 0.3) is 11.1 Å². The zero-order valence-electron chi connectivity index (χ0n) is 15.9. The first-order valence-electron chi connectivity index (χ1n) is 9.82. The van der Waals surface area contributed by atoms with Crippen molar-refractivity contribution in [2.75, 3.05) is 13.2 Å². The molecule has 3 aromatic rings. The first kappa shape index (κ1) is 18.4. The fraction of sp³-hybridized carbons (Fsp3) is 0.304. The molecule has 0 spiro atoms. The molecule has 1 fully saturated rings. The zero-order valence-corrected chi connectivity index (χ0v) is 15.9. The number of aryl methyl sites for hydroxylation is 2. The van der Waals surface area contributed by atoms with Gasteiger partial charge in [-0.05, 0) is 29.5 Å². The van der Waals surface area contributed by atoms with Crippen LogP contribution in [-0.2, 0) is 28.9 Å². The van der Waals surface area contributed by atoms with Gasteiger partial charge in [-0.2, -0.15) is 0 Å². The second-order valence-corrected chi connectivity index (χ2v) is 7.12. The van der Waals surface area contributed by atoms with Crippen molar-refractivity contribution in [2.24, 2.45) is 0 Å². The lowest BCUT2D eigenvalue weighted by Crippen LogP contribution is -2.45. The summed E-state index contributed by atoms with van der Waals surface area (Å²) in [7, 11) is 0. The third-order valence-electron chi connectivity index (χ3n) is 5.04. The molecule has 0 unspecified atom stereocenters. The number of rotatable bonds is 7. The van der Waals surface area contributed by atoms with Crippen LogP contribution in [0.1, 0.15) is 17.7 Å². The number of hydrogen-bond acceptors (Lipinski definition) is 3. The van der Waals surface area contributed by atoms with Gasteiger partial charge in [0.1, 0.15) is 6.10 Å². The van der Waals surface area contributed by atoms with E-state index in [-0.39, 0.29) is 5.91 Å². The van der Waals surface area contributed by atoms with E-state index in [0.717, 1.165) is 25.1 Å². The van der Waals surface area contributed by atoms with Gasteiger partial charge in [-0.15, -0.1) is 0 Å². The number of imidazole rings is 1. The molecule has 5 nitrogen and oxygen atoms in total. The molecule has 1 aromatic heterocycles. The summed E-state index contributed by atoms with van der Waals surface area (Å²) < 4.78 is 7.61.